The number of hydrogen-bond donors (Lipinski definition) is 2. The quantitative estimate of drug-likeness (QED) is 0.396. The lowest BCUT2D eigenvalue weighted by Crippen LogP contribution is -2.27. The van der Waals surface area contributed by atoms with E-state index in [1.807, 2.05) is 37.3 Å². The van der Waals surface area contributed by atoms with Crippen molar-refractivity contribution in [2.45, 2.75) is 26.1 Å². The molecule has 8 heteroatoms. The molecule has 0 bridgehead atoms. The number of esters is 1. The average Bonchev–Trinajstić information content (AvgIpc) is 2.69. The minimum absolute atomic E-state index is 0.0436. The number of rotatable bonds is 7. The van der Waals surface area contributed by atoms with Crippen LogP contribution in [0.4, 0.5) is 18.9 Å². The molecule has 0 saturated carbocycles. The number of nitrogens with one attached hydrogen (secondary N) is 2. The minimum Gasteiger partial charge on any atom is -0.462 e. The molecule has 0 spiro atoms. The molecule has 0 aromatic heterocycles. The van der Waals surface area contributed by atoms with E-state index in [-0.39, 0.29) is 29.7 Å². The Bertz CT molecular complexity index is 902. The smallest absolute Gasteiger partial charge is 0.416 e. The van der Waals surface area contributed by atoms with Crippen molar-refractivity contribution < 1.29 is 22.7 Å². The maximum atomic E-state index is 12.8. The van der Waals surface area contributed by atoms with Crippen LogP contribution in [0.1, 0.15) is 31.0 Å². The van der Waals surface area contributed by atoms with Gasteiger partial charge in [-0.3, -0.25) is 0 Å². The molecule has 0 heterocycles. The average molecular weight is 403 g/mol. The molecule has 0 saturated heterocycles. The zero-order valence-corrected chi connectivity index (χ0v) is 15.9. The molecule has 152 valence electrons. The van der Waals surface area contributed by atoms with Gasteiger partial charge >= 0.3 is 12.1 Å². The van der Waals surface area contributed by atoms with Gasteiger partial charge in [0.05, 0.1) is 12.2 Å². The summed E-state index contributed by atoms with van der Waals surface area (Å²) in [6.45, 7) is 3.51. The Morgan fingerprint density at radius 3 is 2.28 bits per heavy atom. The van der Waals surface area contributed by atoms with Crippen molar-refractivity contribution in [3.8, 4) is 6.07 Å². The number of carbonyl (C=O) groups excluding carboxylic acids is 1. The van der Waals surface area contributed by atoms with Crippen molar-refractivity contribution >= 4 is 11.7 Å². The van der Waals surface area contributed by atoms with Crippen LogP contribution in [0.2, 0.25) is 0 Å². The van der Waals surface area contributed by atoms with Gasteiger partial charge in [0.1, 0.15) is 11.9 Å². The molecule has 0 unspecified atom stereocenters. The summed E-state index contributed by atoms with van der Waals surface area (Å²) in [6.07, 6.45) is -4.46. The van der Waals surface area contributed by atoms with Crippen LogP contribution in [-0.2, 0) is 15.7 Å². The molecule has 29 heavy (non-hydrogen) atoms. The van der Waals surface area contributed by atoms with Gasteiger partial charge in [-0.2, -0.15) is 18.4 Å². The van der Waals surface area contributed by atoms with E-state index in [0.29, 0.717) is 0 Å². The second-order valence-electron chi connectivity index (χ2n) is 6.06. The molecule has 0 fully saturated rings. The highest BCUT2D eigenvalue weighted by Gasteiger charge is 2.30. The third-order valence-electron chi connectivity index (χ3n) is 3.98. The van der Waals surface area contributed by atoms with Gasteiger partial charge in [0.15, 0.2) is 5.57 Å². The molecular formula is C21H20F3N3O2. The summed E-state index contributed by atoms with van der Waals surface area (Å²) in [6, 6.07) is 15.0. The van der Waals surface area contributed by atoms with E-state index in [1.54, 1.807) is 13.0 Å². The summed E-state index contributed by atoms with van der Waals surface area (Å²) in [5.74, 6) is -0.792. The topological polar surface area (TPSA) is 74.2 Å². The van der Waals surface area contributed by atoms with Gasteiger partial charge in [-0.1, -0.05) is 30.3 Å². The highest BCUT2D eigenvalue weighted by Crippen LogP contribution is 2.30. The summed E-state index contributed by atoms with van der Waals surface area (Å²) in [5, 5.41) is 15.3. The van der Waals surface area contributed by atoms with Crippen LogP contribution >= 0.6 is 0 Å². The van der Waals surface area contributed by atoms with E-state index >= 15 is 0 Å². The molecule has 0 aliphatic rings. The summed E-state index contributed by atoms with van der Waals surface area (Å²) in [4.78, 5) is 12.2. The second-order valence-corrected chi connectivity index (χ2v) is 6.06. The van der Waals surface area contributed by atoms with Gasteiger partial charge in [0.25, 0.3) is 0 Å². The highest BCUT2D eigenvalue weighted by atomic mass is 19.4. The van der Waals surface area contributed by atoms with E-state index in [4.69, 9.17) is 4.74 Å². The van der Waals surface area contributed by atoms with Crippen molar-refractivity contribution in [3.63, 3.8) is 0 Å². The van der Waals surface area contributed by atoms with Crippen LogP contribution in [0.5, 0.6) is 0 Å². The van der Waals surface area contributed by atoms with Crippen molar-refractivity contribution in [1.82, 2.24) is 5.32 Å². The Labute approximate surface area is 166 Å². The third kappa shape index (κ3) is 6.01. The summed E-state index contributed by atoms with van der Waals surface area (Å²) >= 11 is 0. The molecule has 0 radical (unpaired) electrons. The van der Waals surface area contributed by atoms with Gasteiger partial charge in [-0.25, -0.2) is 4.79 Å². The maximum Gasteiger partial charge on any atom is 0.416 e. The lowest BCUT2D eigenvalue weighted by atomic mass is 10.1. The first-order valence-electron chi connectivity index (χ1n) is 8.83. The first-order chi connectivity index (χ1) is 13.8. The van der Waals surface area contributed by atoms with E-state index in [1.165, 1.54) is 12.1 Å². The zero-order chi connectivity index (χ0) is 21.4. The molecule has 0 aliphatic heterocycles. The van der Waals surface area contributed by atoms with Gasteiger partial charge in [0, 0.05) is 11.7 Å². The predicted molar refractivity (Wildman–Crippen MR) is 102 cm³/mol. The van der Waals surface area contributed by atoms with Crippen molar-refractivity contribution in [1.29, 1.82) is 5.26 Å². The normalized spacial score (nSPS) is 13.0. The molecule has 2 N–H and O–H groups in total. The summed E-state index contributed by atoms with van der Waals surface area (Å²) in [7, 11) is 0. The number of carbonyl (C=O) groups is 1. The van der Waals surface area contributed by atoms with E-state index in [9.17, 15) is 23.2 Å². The number of halogens is 3. The molecule has 2 aromatic rings. The Kier molecular flexibility index (Phi) is 7.26. The largest absolute Gasteiger partial charge is 0.462 e. The Morgan fingerprint density at radius 2 is 1.76 bits per heavy atom. The second kappa shape index (κ2) is 9.64. The lowest BCUT2D eigenvalue weighted by molar-refractivity contribution is -0.138. The molecule has 2 aromatic carbocycles. The monoisotopic (exact) mass is 403 g/mol. The standard InChI is InChI=1S/C21H20F3N3O2/c1-3-29-20(28)18(13-25)19(26-14(2)15-7-5-4-6-8-15)27-17-11-9-16(10-12-17)21(22,23)24/h4-12,14,26-27H,3H2,1-2H3/b19-18-/t14-/m0/s1. The van der Waals surface area contributed by atoms with Gasteiger partial charge in [0.2, 0.25) is 0 Å². The fourth-order valence-corrected chi connectivity index (χ4v) is 2.51. The van der Waals surface area contributed by atoms with Gasteiger partial charge in [-0.05, 0) is 43.7 Å². The van der Waals surface area contributed by atoms with Crippen LogP contribution in [0.25, 0.3) is 0 Å². The summed E-state index contributed by atoms with van der Waals surface area (Å²) < 4.78 is 43.2. The number of anilines is 1. The van der Waals surface area contributed by atoms with Crippen LogP contribution in [0.15, 0.2) is 66.0 Å². The van der Waals surface area contributed by atoms with Crippen LogP contribution in [0, 0.1) is 11.3 Å². The van der Waals surface area contributed by atoms with E-state index < -0.39 is 17.7 Å². The Hall–Kier alpha value is -3.47. The first-order valence-corrected chi connectivity index (χ1v) is 8.83. The van der Waals surface area contributed by atoms with Crippen LogP contribution in [0.3, 0.4) is 0 Å². The molecule has 0 aliphatic carbocycles. The third-order valence-corrected chi connectivity index (χ3v) is 3.98. The summed E-state index contributed by atoms with van der Waals surface area (Å²) in [5.41, 5.74) is 0.0535. The Balaban J connectivity index is 2.36. The first kappa shape index (κ1) is 21.8. The number of hydrogen-bond acceptors (Lipinski definition) is 5. The number of nitrogens with zero attached hydrogens (tertiary/aromatic N) is 1. The molecule has 2 rings (SSSR count). The van der Waals surface area contributed by atoms with Crippen LogP contribution < -0.4 is 10.6 Å². The molecule has 1 atom stereocenters. The Morgan fingerprint density at radius 1 is 1.14 bits per heavy atom. The fraction of sp³-hybridized carbons (Fsp3) is 0.238. The number of ether oxygens (including phenoxy) is 1. The zero-order valence-electron chi connectivity index (χ0n) is 15.9. The fourth-order valence-electron chi connectivity index (χ4n) is 2.51. The molecule has 0 amide bonds. The number of alkyl halides is 3. The maximum absolute atomic E-state index is 12.8. The predicted octanol–water partition coefficient (Wildman–Crippen LogP) is 4.77. The van der Waals surface area contributed by atoms with E-state index in [0.717, 1.165) is 17.7 Å². The van der Waals surface area contributed by atoms with E-state index in [2.05, 4.69) is 10.6 Å². The number of nitriles is 1. The van der Waals surface area contributed by atoms with Gasteiger partial charge in [-0.15, -0.1) is 0 Å². The molecule has 5 nitrogen and oxygen atoms in total. The van der Waals surface area contributed by atoms with Crippen LogP contribution in [-0.4, -0.2) is 12.6 Å². The van der Waals surface area contributed by atoms with Gasteiger partial charge < -0.3 is 15.4 Å². The lowest BCUT2D eigenvalue weighted by Gasteiger charge is -2.21. The van der Waals surface area contributed by atoms with Crippen molar-refractivity contribution in [3.05, 3.63) is 77.1 Å². The SMILES string of the molecule is CCOC(=O)/C(C#N)=C(\Nc1ccc(C(F)(F)F)cc1)N[C@@H](C)c1ccccc1. The minimum atomic E-state index is -4.46. The molecular weight excluding hydrogens is 383 g/mol. The highest BCUT2D eigenvalue weighted by molar-refractivity contribution is 5.94. The van der Waals surface area contributed by atoms with Crippen molar-refractivity contribution in [2.24, 2.45) is 0 Å². The van der Waals surface area contributed by atoms with Crippen molar-refractivity contribution in [2.75, 3.05) is 11.9 Å². The number of benzene rings is 2.